The Balaban J connectivity index is 2.19. The topological polar surface area (TPSA) is 74.9 Å². The van der Waals surface area contributed by atoms with E-state index in [1.807, 2.05) is 0 Å². The van der Waals surface area contributed by atoms with Gasteiger partial charge in [0.15, 0.2) is 6.23 Å². The molecule has 120 valence electrons. The van der Waals surface area contributed by atoms with Crippen molar-refractivity contribution in [3.8, 4) is 0 Å². The summed E-state index contributed by atoms with van der Waals surface area (Å²) in [7, 11) is 0. The molecule has 1 aromatic carbocycles. The van der Waals surface area contributed by atoms with Gasteiger partial charge in [0, 0.05) is 5.39 Å². The van der Waals surface area contributed by atoms with Crippen LogP contribution in [0.25, 0.3) is 10.9 Å². The Kier molecular flexibility index (Phi) is 4.53. The van der Waals surface area contributed by atoms with Crippen LogP contribution in [0.2, 0.25) is 20.2 Å². The lowest BCUT2D eigenvalue weighted by atomic mass is 10.1. The van der Waals surface area contributed by atoms with Crippen LogP contribution in [0.1, 0.15) is 6.23 Å². The van der Waals surface area contributed by atoms with E-state index in [9.17, 15) is 15.3 Å². The van der Waals surface area contributed by atoms with E-state index >= 15 is 0 Å². The normalized spacial score (nSPS) is 28.7. The van der Waals surface area contributed by atoms with Crippen LogP contribution in [-0.2, 0) is 4.74 Å². The van der Waals surface area contributed by atoms with Crippen LogP contribution >= 0.6 is 46.4 Å². The standard InChI is InChI=1S/C13H11Cl4NO4/c14-5-1-4-7(2-6(5)15)18(12(17)9(4)16)13-11(21)10(20)8(3-19)22-13/h1-2,8,10-11,13,19-21H,3H2/t8-,10-,11-,13-/m1/s1. The fourth-order valence-corrected chi connectivity index (χ4v) is 3.43. The number of hydrogen-bond acceptors (Lipinski definition) is 4. The van der Waals surface area contributed by atoms with Crippen LogP contribution in [-0.4, -0.2) is 44.8 Å². The van der Waals surface area contributed by atoms with Crippen LogP contribution in [0, 0.1) is 0 Å². The molecule has 0 spiro atoms. The molecule has 5 nitrogen and oxygen atoms in total. The number of halogens is 4. The van der Waals surface area contributed by atoms with Crippen LogP contribution < -0.4 is 0 Å². The molecule has 0 amide bonds. The lowest BCUT2D eigenvalue weighted by Crippen LogP contribution is -2.33. The summed E-state index contributed by atoms with van der Waals surface area (Å²) in [6.45, 7) is -0.439. The van der Waals surface area contributed by atoms with Crippen molar-refractivity contribution >= 4 is 57.3 Å². The first-order valence-electron chi connectivity index (χ1n) is 6.33. The van der Waals surface area contributed by atoms with E-state index < -0.39 is 31.1 Å². The molecule has 22 heavy (non-hydrogen) atoms. The number of nitrogens with zero attached hydrogens (tertiary/aromatic N) is 1. The van der Waals surface area contributed by atoms with E-state index in [0.29, 0.717) is 15.9 Å². The van der Waals surface area contributed by atoms with Gasteiger partial charge in [-0.2, -0.15) is 0 Å². The molecule has 0 radical (unpaired) electrons. The molecule has 3 rings (SSSR count). The second-order valence-corrected chi connectivity index (χ2v) is 6.54. The molecule has 1 saturated heterocycles. The number of rotatable bonds is 2. The molecule has 2 aromatic rings. The molecular weight excluding hydrogens is 376 g/mol. The highest BCUT2D eigenvalue weighted by Gasteiger charge is 2.44. The Morgan fingerprint density at radius 3 is 2.27 bits per heavy atom. The van der Waals surface area contributed by atoms with Crippen molar-refractivity contribution in [3.05, 3.63) is 32.4 Å². The molecule has 9 heteroatoms. The maximum Gasteiger partial charge on any atom is 0.164 e. The molecule has 1 aromatic heterocycles. The predicted molar refractivity (Wildman–Crippen MR) is 85.0 cm³/mol. The highest BCUT2D eigenvalue weighted by atomic mass is 35.5. The van der Waals surface area contributed by atoms with E-state index in [-0.39, 0.29) is 15.2 Å². The Bertz CT molecular complexity index is 735. The summed E-state index contributed by atoms with van der Waals surface area (Å²) in [5.41, 5.74) is 0.499. The van der Waals surface area contributed by atoms with Gasteiger partial charge in [0.25, 0.3) is 0 Å². The lowest BCUT2D eigenvalue weighted by Gasteiger charge is -2.19. The molecular formula is C13H11Cl4NO4. The summed E-state index contributed by atoms with van der Waals surface area (Å²) in [6.07, 6.45) is -4.46. The molecule has 0 bridgehead atoms. The van der Waals surface area contributed by atoms with E-state index in [0.717, 1.165) is 0 Å². The Hall–Kier alpha value is -0.240. The number of fused-ring (bicyclic) bond motifs is 1. The average Bonchev–Trinajstić information content (AvgIpc) is 2.89. The molecule has 1 aliphatic heterocycles. The van der Waals surface area contributed by atoms with Gasteiger partial charge in [0.05, 0.1) is 27.2 Å². The molecule has 0 saturated carbocycles. The van der Waals surface area contributed by atoms with Gasteiger partial charge in [0.2, 0.25) is 0 Å². The van der Waals surface area contributed by atoms with Crippen molar-refractivity contribution in [2.24, 2.45) is 0 Å². The van der Waals surface area contributed by atoms with E-state index in [1.165, 1.54) is 4.57 Å². The number of benzene rings is 1. The number of hydrogen-bond donors (Lipinski definition) is 3. The van der Waals surface area contributed by atoms with Crippen molar-refractivity contribution < 1.29 is 20.1 Å². The first-order valence-corrected chi connectivity index (χ1v) is 7.84. The summed E-state index contributed by atoms with van der Waals surface area (Å²) in [5.74, 6) is 0. The lowest BCUT2D eigenvalue weighted by molar-refractivity contribution is -0.0505. The number of ether oxygens (including phenoxy) is 1. The van der Waals surface area contributed by atoms with Crippen molar-refractivity contribution in [1.82, 2.24) is 4.57 Å². The van der Waals surface area contributed by atoms with Crippen LogP contribution in [0.3, 0.4) is 0 Å². The van der Waals surface area contributed by atoms with Gasteiger partial charge in [-0.25, -0.2) is 0 Å². The van der Waals surface area contributed by atoms with Crippen molar-refractivity contribution in [2.45, 2.75) is 24.5 Å². The maximum atomic E-state index is 10.2. The van der Waals surface area contributed by atoms with Crippen LogP contribution in [0.4, 0.5) is 0 Å². The Labute approximate surface area is 145 Å². The van der Waals surface area contributed by atoms with Crippen molar-refractivity contribution in [1.29, 1.82) is 0 Å². The summed E-state index contributed by atoms with van der Waals surface area (Å²) < 4.78 is 6.91. The van der Waals surface area contributed by atoms with Crippen LogP contribution in [0.5, 0.6) is 0 Å². The molecule has 2 heterocycles. The third kappa shape index (κ3) is 2.41. The van der Waals surface area contributed by atoms with Gasteiger partial charge in [-0.1, -0.05) is 46.4 Å². The summed E-state index contributed by atoms with van der Waals surface area (Å²) in [4.78, 5) is 0. The SMILES string of the molecule is OC[C@H]1O[C@@H](n2c(Cl)c(Cl)c3cc(Cl)c(Cl)cc32)[C@H](O)[C@@H]1O. The minimum Gasteiger partial charge on any atom is -0.394 e. The van der Waals surface area contributed by atoms with Gasteiger partial charge in [-0.15, -0.1) is 0 Å². The van der Waals surface area contributed by atoms with Crippen LogP contribution in [0.15, 0.2) is 12.1 Å². The third-order valence-electron chi connectivity index (χ3n) is 3.70. The molecule has 4 atom stereocenters. The van der Waals surface area contributed by atoms with Gasteiger partial charge in [-0.05, 0) is 12.1 Å². The van der Waals surface area contributed by atoms with E-state index in [1.54, 1.807) is 12.1 Å². The van der Waals surface area contributed by atoms with Gasteiger partial charge in [0.1, 0.15) is 23.5 Å². The molecule has 1 aliphatic rings. The number of aliphatic hydroxyl groups excluding tert-OH is 3. The molecule has 1 fully saturated rings. The number of aliphatic hydroxyl groups is 3. The fourth-order valence-electron chi connectivity index (χ4n) is 2.58. The smallest absolute Gasteiger partial charge is 0.164 e. The zero-order valence-corrected chi connectivity index (χ0v) is 13.9. The second-order valence-electron chi connectivity index (χ2n) is 4.99. The van der Waals surface area contributed by atoms with Gasteiger partial charge < -0.3 is 24.6 Å². The molecule has 0 aliphatic carbocycles. The Morgan fingerprint density at radius 2 is 1.68 bits per heavy atom. The zero-order chi connectivity index (χ0) is 16.2. The molecule has 0 unspecified atom stereocenters. The predicted octanol–water partition coefficient (Wildman–Crippen LogP) is 2.87. The zero-order valence-electron chi connectivity index (χ0n) is 10.9. The summed E-state index contributed by atoms with van der Waals surface area (Å²) >= 11 is 24.4. The summed E-state index contributed by atoms with van der Waals surface area (Å²) in [5, 5.41) is 30.7. The Morgan fingerprint density at radius 1 is 1.05 bits per heavy atom. The quantitative estimate of drug-likeness (QED) is 0.741. The molecule has 3 N–H and O–H groups in total. The maximum absolute atomic E-state index is 10.2. The fraction of sp³-hybridized carbons (Fsp3) is 0.385. The highest BCUT2D eigenvalue weighted by molar-refractivity contribution is 6.47. The monoisotopic (exact) mass is 385 g/mol. The summed E-state index contributed by atoms with van der Waals surface area (Å²) in [6, 6.07) is 3.11. The van der Waals surface area contributed by atoms with Gasteiger partial charge in [-0.3, -0.25) is 0 Å². The second kappa shape index (κ2) is 6.00. The van der Waals surface area contributed by atoms with E-state index in [4.69, 9.17) is 51.1 Å². The largest absolute Gasteiger partial charge is 0.394 e. The first kappa shape index (κ1) is 16.6. The number of aromatic nitrogens is 1. The highest BCUT2D eigenvalue weighted by Crippen LogP contribution is 2.43. The van der Waals surface area contributed by atoms with Gasteiger partial charge >= 0.3 is 0 Å². The first-order chi connectivity index (χ1) is 10.4. The minimum absolute atomic E-state index is 0.116. The minimum atomic E-state index is -1.28. The van der Waals surface area contributed by atoms with E-state index in [2.05, 4.69) is 0 Å². The third-order valence-corrected chi connectivity index (χ3v) is 5.27. The van der Waals surface area contributed by atoms with Crippen molar-refractivity contribution in [2.75, 3.05) is 6.61 Å². The van der Waals surface area contributed by atoms with Crippen molar-refractivity contribution in [3.63, 3.8) is 0 Å². The average molecular weight is 387 g/mol.